The quantitative estimate of drug-likeness (QED) is 0.795. The first-order valence-corrected chi connectivity index (χ1v) is 8.69. The fraction of sp³-hybridized carbons (Fsp3) is 0.133. The number of hydrogen-bond donors (Lipinski definition) is 1. The van der Waals surface area contributed by atoms with Crippen molar-refractivity contribution in [2.24, 2.45) is 0 Å². The summed E-state index contributed by atoms with van der Waals surface area (Å²) in [6.45, 7) is 1.85. The lowest BCUT2D eigenvalue weighted by Crippen LogP contribution is -2.16. The molecule has 0 amide bonds. The van der Waals surface area contributed by atoms with Crippen molar-refractivity contribution in [3.05, 3.63) is 57.8 Å². The van der Waals surface area contributed by atoms with Crippen LogP contribution in [0.2, 0.25) is 0 Å². The number of hydrogen-bond acceptors (Lipinski definition) is 4. The molecule has 0 saturated heterocycles. The predicted molar refractivity (Wildman–Crippen MR) is 87.4 cm³/mol. The van der Waals surface area contributed by atoms with Gasteiger partial charge in [0.05, 0.1) is 12.7 Å². The van der Waals surface area contributed by atoms with Crippen molar-refractivity contribution in [3.63, 3.8) is 0 Å². The number of sulfonamides is 1. The number of carbonyl (C=O) groups is 1. The molecular formula is C15H13BrFNO4S. The molecule has 0 aliphatic carbocycles. The van der Waals surface area contributed by atoms with E-state index in [1.165, 1.54) is 0 Å². The van der Waals surface area contributed by atoms with E-state index in [-0.39, 0.29) is 11.3 Å². The van der Waals surface area contributed by atoms with E-state index in [9.17, 15) is 17.6 Å². The second-order valence-electron chi connectivity index (χ2n) is 4.71. The molecule has 2 aromatic rings. The van der Waals surface area contributed by atoms with Crippen LogP contribution in [0.15, 0.2) is 45.8 Å². The van der Waals surface area contributed by atoms with Crippen molar-refractivity contribution in [2.75, 3.05) is 11.8 Å². The Bertz CT molecular complexity index is 868. The van der Waals surface area contributed by atoms with Gasteiger partial charge in [0, 0.05) is 10.2 Å². The van der Waals surface area contributed by atoms with Gasteiger partial charge in [-0.15, -0.1) is 0 Å². The summed E-state index contributed by atoms with van der Waals surface area (Å²) < 4.78 is 46.1. The summed E-state index contributed by atoms with van der Waals surface area (Å²) in [6.07, 6.45) is 0. The molecule has 0 bridgehead atoms. The molecule has 0 atom stereocenters. The van der Waals surface area contributed by atoms with Crippen molar-refractivity contribution < 1.29 is 22.3 Å². The molecule has 5 nitrogen and oxygen atoms in total. The van der Waals surface area contributed by atoms with Crippen LogP contribution < -0.4 is 4.72 Å². The highest BCUT2D eigenvalue weighted by Crippen LogP contribution is 2.24. The monoisotopic (exact) mass is 401 g/mol. The van der Waals surface area contributed by atoms with Gasteiger partial charge in [0.25, 0.3) is 10.0 Å². The SMILES string of the molecule is COC(=O)c1ccc(F)c(S(=O)(=O)Nc2ccc(C)c(Br)c2)c1. The number of nitrogens with one attached hydrogen (secondary N) is 1. The average molecular weight is 402 g/mol. The molecule has 0 heterocycles. The van der Waals surface area contributed by atoms with Gasteiger partial charge in [0.15, 0.2) is 0 Å². The minimum atomic E-state index is -4.19. The summed E-state index contributed by atoms with van der Waals surface area (Å²) >= 11 is 3.29. The lowest BCUT2D eigenvalue weighted by atomic mass is 10.2. The topological polar surface area (TPSA) is 72.5 Å². The fourth-order valence-electron chi connectivity index (χ4n) is 1.82. The molecule has 2 aromatic carbocycles. The first kappa shape index (κ1) is 17.4. The van der Waals surface area contributed by atoms with Crippen molar-refractivity contribution in [1.29, 1.82) is 0 Å². The van der Waals surface area contributed by atoms with E-state index in [2.05, 4.69) is 25.4 Å². The van der Waals surface area contributed by atoms with Gasteiger partial charge in [0.2, 0.25) is 0 Å². The maximum atomic E-state index is 13.9. The zero-order chi connectivity index (χ0) is 17.2. The van der Waals surface area contributed by atoms with Crippen molar-refractivity contribution >= 4 is 37.6 Å². The number of benzene rings is 2. The molecule has 2 rings (SSSR count). The second-order valence-corrected chi connectivity index (χ2v) is 7.21. The van der Waals surface area contributed by atoms with Crippen molar-refractivity contribution in [1.82, 2.24) is 0 Å². The van der Waals surface area contributed by atoms with Gasteiger partial charge < -0.3 is 4.74 Å². The van der Waals surface area contributed by atoms with Crippen LogP contribution in [0.4, 0.5) is 10.1 Å². The maximum absolute atomic E-state index is 13.9. The zero-order valence-corrected chi connectivity index (χ0v) is 14.7. The van der Waals surface area contributed by atoms with E-state index in [4.69, 9.17) is 0 Å². The summed E-state index contributed by atoms with van der Waals surface area (Å²) in [6, 6.07) is 7.83. The van der Waals surface area contributed by atoms with Crippen LogP contribution in [0.5, 0.6) is 0 Å². The largest absolute Gasteiger partial charge is 0.465 e. The molecule has 23 heavy (non-hydrogen) atoms. The molecule has 0 radical (unpaired) electrons. The summed E-state index contributed by atoms with van der Waals surface area (Å²) in [4.78, 5) is 10.9. The van der Waals surface area contributed by atoms with Crippen LogP contribution in [-0.2, 0) is 14.8 Å². The first-order valence-electron chi connectivity index (χ1n) is 6.41. The standard InChI is InChI=1S/C15H13BrFNO4S/c1-9-3-5-11(8-12(9)16)18-23(20,21)14-7-10(15(19)22-2)4-6-13(14)17/h3-8,18H,1-2H3. The van der Waals surface area contributed by atoms with Crippen molar-refractivity contribution in [3.8, 4) is 0 Å². The van der Waals surface area contributed by atoms with E-state index >= 15 is 0 Å². The van der Waals surface area contributed by atoms with Gasteiger partial charge in [-0.1, -0.05) is 22.0 Å². The Balaban J connectivity index is 2.42. The third-order valence-corrected chi connectivity index (χ3v) is 5.32. The summed E-state index contributed by atoms with van der Waals surface area (Å²) in [5.41, 5.74) is 1.14. The van der Waals surface area contributed by atoms with Crippen LogP contribution in [0, 0.1) is 12.7 Å². The molecule has 0 fully saturated rings. The molecule has 0 saturated carbocycles. The summed E-state index contributed by atoms with van der Waals surface area (Å²) in [7, 11) is -3.04. The second kappa shape index (κ2) is 6.67. The zero-order valence-electron chi connectivity index (χ0n) is 12.3. The van der Waals surface area contributed by atoms with E-state index in [0.29, 0.717) is 4.47 Å². The molecule has 0 aliphatic rings. The first-order chi connectivity index (χ1) is 10.7. The Hall–Kier alpha value is -1.93. The van der Waals surface area contributed by atoms with Crippen LogP contribution in [0.3, 0.4) is 0 Å². The lowest BCUT2D eigenvalue weighted by Gasteiger charge is -2.11. The van der Waals surface area contributed by atoms with Crippen LogP contribution in [0.1, 0.15) is 15.9 Å². The van der Waals surface area contributed by atoms with Gasteiger partial charge in [0.1, 0.15) is 10.7 Å². The molecule has 0 aromatic heterocycles. The van der Waals surface area contributed by atoms with Crippen molar-refractivity contribution in [2.45, 2.75) is 11.8 Å². The third kappa shape index (κ3) is 3.89. The number of rotatable bonds is 4. The number of ether oxygens (including phenoxy) is 1. The molecule has 0 unspecified atom stereocenters. The smallest absolute Gasteiger partial charge is 0.337 e. The number of carbonyl (C=O) groups excluding carboxylic acids is 1. The summed E-state index contributed by atoms with van der Waals surface area (Å²) in [5.74, 6) is -1.71. The third-order valence-electron chi connectivity index (χ3n) is 3.07. The number of halogens is 2. The normalized spacial score (nSPS) is 11.1. The maximum Gasteiger partial charge on any atom is 0.337 e. The Morgan fingerprint density at radius 2 is 1.91 bits per heavy atom. The van der Waals surface area contributed by atoms with E-state index in [0.717, 1.165) is 30.9 Å². The van der Waals surface area contributed by atoms with Crippen LogP contribution >= 0.6 is 15.9 Å². The Kier molecular flexibility index (Phi) is 5.06. The minimum absolute atomic E-state index is 0.0561. The summed E-state index contributed by atoms with van der Waals surface area (Å²) in [5, 5.41) is 0. The molecule has 122 valence electrons. The lowest BCUT2D eigenvalue weighted by molar-refractivity contribution is 0.0600. The Morgan fingerprint density at radius 1 is 1.22 bits per heavy atom. The van der Waals surface area contributed by atoms with Crippen LogP contribution in [-0.4, -0.2) is 21.5 Å². The number of anilines is 1. The molecule has 8 heteroatoms. The highest BCUT2D eigenvalue weighted by molar-refractivity contribution is 9.10. The minimum Gasteiger partial charge on any atom is -0.465 e. The highest BCUT2D eigenvalue weighted by Gasteiger charge is 2.22. The van der Waals surface area contributed by atoms with Gasteiger partial charge in [-0.25, -0.2) is 17.6 Å². The van der Waals surface area contributed by atoms with Crippen LogP contribution in [0.25, 0.3) is 0 Å². The number of aryl methyl sites for hydroxylation is 1. The van der Waals surface area contributed by atoms with Gasteiger partial charge >= 0.3 is 5.97 Å². The Morgan fingerprint density at radius 3 is 2.52 bits per heavy atom. The van der Waals surface area contributed by atoms with E-state index in [1.54, 1.807) is 18.2 Å². The number of methoxy groups -OCH3 is 1. The van der Waals surface area contributed by atoms with Gasteiger partial charge in [-0.2, -0.15) is 0 Å². The molecule has 0 spiro atoms. The van der Waals surface area contributed by atoms with Gasteiger partial charge in [-0.3, -0.25) is 4.72 Å². The molecular weight excluding hydrogens is 389 g/mol. The fourth-order valence-corrected chi connectivity index (χ4v) is 3.35. The predicted octanol–water partition coefficient (Wildman–Crippen LogP) is 3.48. The Labute approximate surface area is 141 Å². The molecule has 1 N–H and O–H groups in total. The molecule has 0 aliphatic heterocycles. The highest BCUT2D eigenvalue weighted by atomic mass is 79.9. The van der Waals surface area contributed by atoms with E-state index < -0.39 is 26.7 Å². The van der Waals surface area contributed by atoms with E-state index in [1.807, 2.05) is 6.92 Å². The average Bonchev–Trinajstić information content (AvgIpc) is 2.50. The van der Waals surface area contributed by atoms with Gasteiger partial charge in [-0.05, 0) is 42.8 Å². The number of esters is 1.